The molecule has 0 saturated heterocycles. The second-order valence-corrected chi connectivity index (χ2v) is 12.5. The summed E-state index contributed by atoms with van der Waals surface area (Å²) >= 11 is 0. The number of phenolic OH excluding ortho intramolecular Hbond substituents is 1. The van der Waals surface area contributed by atoms with Crippen LogP contribution in [0.5, 0.6) is 5.75 Å². The van der Waals surface area contributed by atoms with E-state index in [4.69, 9.17) is 10.5 Å². The van der Waals surface area contributed by atoms with Crippen LogP contribution in [0.4, 0.5) is 4.79 Å². The normalized spacial score (nSPS) is 14.0. The van der Waals surface area contributed by atoms with Gasteiger partial charge in [-0.15, -0.1) is 0 Å². The number of rotatable bonds is 18. The molecule has 4 atom stereocenters. The predicted octanol–water partition coefficient (Wildman–Crippen LogP) is 2.00. The number of nitrogens with one attached hydrogen (secondary N) is 4. The molecule has 0 aliphatic heterocycles. The van der Waals surface area contributed by atoms with Gasteiger partial charge in [0, 0.05) is 12.3 Å². The molecule has 1 aliphatic carbocycles. The summed E-state index contributed by atoms with van der Waals surface area (Å²) in [6, 6.07) is 15.7. The number of hydrogen-bond donors (Lipinski definition) is 8. The molecule has 3 aromatic carbocycles. The lowest BCUT2D eigenvalue weighted by Gasteiger charge is -2.25. The maximum atomic E-state index is 13.6. The summed E-state index contributed by atoms with van der Waals surface area (Å²) in [6.45, 7) is 1.45. The van der Waals surface area contributed by atoms with Crippen LogP contribution in [0, 0.1) is 0 Å². The van der Waals surface area contributed by atoms with Crippen molar-refractivity contribution in [2.45, 2.75) is 69.1 Å². The molecule has 0 heterocycles. The molecule has 0 radical (unpaired) electrons. The van der Waals surface area contributed by atoms with Crippen molar-refractivity contribution in [3.8, 4) is 16.9 Å². The highest BCUT2D eigenvalue weighted by Crippen LogP contribution is 2.44. The van der Waals surface area contributed by atoms with Crippen molar-refractivity contribution in [1.29, 1.82) is 0 Å². The van der Waals surface area contributed by atoms with Crippen LogP contribution in [0.1, 0.15) is 55.2 Å². The highest BCUT2D eigenvalue weighted by molar-refractivity contribution is 5.95. The Morgan fingerprint density at radius 3 is 1.87 bits per heavy atom. The Labute approximate surface area is 299 Å². The number of alkyl carbamates (subject to hydrolysis) is 1. The van der Waals surface area contributed by atoms with Crippen LogP contribution in [0.25, 0.3) is 11.1 Å². The third kappa shape index (κ3) is 10.5. The summed E-state index contributed by atoms with van der Waals surface area (Å²) in [5.74, 6) is -5.64. The number of aromatic hydroxyl groups is 1. The SMILES string of the molecule is C[C@H](NC(=O)[C@H](Cc1ccc(O)cc1)NC(=O)[C@H](CCCCN)NC(=O)[C@H](CC(=O)O)NC(=O)OCC1c2ccccc2-c2ccccc21)C(=O)O. The Morgan fingerprint density at radius 2 is 1.29 bits per heavy atom. The van der Waals surface area contributed by atoms with Crippen LogP contribution in [-0.2, 0) is 35.1 Å². The number of ether oxygens (including phenoxy) is 1. The van der Waals surface area contributed by atoms with Gasteiger partial charge in [-0.1, -0.05) is 60.7 Å². The first kappa shape index (κ1) is 38.8. The summed E-state index contributed by atoms with van der Waals surface area (Å²) in [7, 11) is 0. The third-order valence-corrected chi connectivity index (χ3v) is 8.65. The smallest absolute Gasteiger partial charge is 0.407 e. The molecule has 0 bridgehead atoms. The zero-order chi connectivity index (χ0) is 37.8. The van der Waals surface area contributed by atoms with E-state index in [2.05, 4.69) is 21.3 Å². The van der Waals surface area contributed by atoms with Gasteiger partial charge in [-0.05, 0) is 72.7 Å². The average molecular weight is 718 g/mol. The number of fused-ring (bicyclic) bond motifs is 3. The van der Waals surface area contributed by atoms with Crippen LogP contribution in [0.2, 0.25) is 0 Å². The zero-order valence-corrected chi connectivity index (χ0v) is 28.5. The van der Waals surface area contributed by atoms with Gasteiger partial charge < -0.3 is 47.1 Å². The predicted molar refractivity (Wildman–Crippen MR) is 188 cm³/mol. The fourth-order valence-corrected chi connectivity index (χ4v) is 5.93. The van der Waals surface area contributed by atoms with Gasteiger partial charge in [0.2, 0.25) is 17.7 Å². The van der Waals surface area contributed by atoms with E-state index in [1.54, 1.807) is 0 Å². The van der Waals surface area contributed by atoms with E-state index >= 15 is 0 Å². The number of carbonyl (C=O) groups is 6. The van der Waals surface area contributed by atoms with E-state index in [1.807, 2.05) is 48.5 Å². The second kappa shape index (κ2) is 18.3. The van der Waals surface area contributed by atoms with Crippen molar-refractivity contribution in [2.75, 3.05) is 13.2 Å². The van der Waals surface area contributed by atoms with E-state index in [0.717, 1.165) is 22.3 Å². The molecule has 0 fully saturated rings. The third-order valence-electron chi connectivity index (χ3n) is 8.65. The largest absolute Gasteiger partial charge is 0.508 e. The Balaban J connectivity index is 1.47. The highest BCUT2D eigenvalue weighted by atomic mass is 16.5. The van der Waals surface area contributed by atoms with Gasteiger partial charge in [0.1, 0.15) is 36.5 Å². The van der Waals surface area contributed by atoms with Crippen molar-refractivity contribution in [3.05, 3.63) is 89.5 Å². The van der Waals surface area contributed by atoms with E-state index in [0.29, 0.717) is 18.4 Å². The number of aliphatic carboxylic acids is 2. The summed E-state index contributed by atoms with van der Waals surface area (Å²) < 4.78 is 5.51. The van der Waals surface area contributed by atoms with Gasteiger partial charge in [0.05, 0.1) is 6.42 Å². The molecule has 4 rings (SSSR count). The average Bonchev–Trinajstić information content (AvgIpc) is 3.43. The molecular formula is C37H43N5O10. The number of carboxylic acid groups (broad SMARTS) is 2. The van der Waals surface area contributed by atoms with Crippen LogP contribution in [-0.4, -0.2) is 88.4 Å². The fraction of sp³-hybridized carbons (Fsp3) is 0.351. The van der Waals surface area contributed by atoms with Gasteiger partial charge in [-0.2, -0.15) is 0 Å². The van der Waals surface area contributed by atoms with Crippen molar-refractivity contribution >= 4 is 35.8 Å². The summed E-state index contributed by atoms with van der Waals surface area (Å²) in [5.41, 5.74) is 10.1. The lowest BCUT2D eigenvalue weighted by molar-refractivity contribution is -0.141. The molecule has 276 valence electrons. The monoisotopic (exact) mass is 717 g/mol. The van der Waals surface area contributed by atoms with Gasteiger partial charge in [-0.3, -0.25) is 24.0 Å². The fourth-order valence-electron chi connectivity index (χ4n) is 5.93. The number of benzene rings is 3. The summed E-state index contributed by atoms with van der Waals surface area (Å²) in [5, 5.41) is 38.2. The van der Waals surface area contributed by atoms with Crippen molar-refractivity contribution in [1.82, 2.24) is 21.3 Å². The lowest BCUT2D eigenvalue weighted by Crippen LogP contribution is -2.58. The number of hydrogen-bond acceptors (Lipinski definition) is 9. The minimum Gasteiger partial charge on any atom is -0.508 e. The molecule has 0 saturated carbocycles. The zero-order valence-electron chi connectivity index (χ0n) is 28.5. The number of carboxylic acids is 2. The molecule has 0 aromatic heterocycles. The Hall–Kier alpha value is -5.96. The molecule has 4 amide bonds. The van der Waals surface area contributed by atoms with E-state index < -0.39 is 66.3 Å². The summed E-state index contributed by atoms with van der Waals surface area (Å²) in [6.07, 6.45) is -1.08. The number of phenols is 1. The van der Waals surface area contributed by atoms with Crippen molar-refractivity contribution < 1.29 is 48.8 Å². The molecule has 15 nitrogen and oxygen atoms in total. The van der Waals surface area contributed by atoms with Crippen molar-refractivity contribution in [2.24, 2.45) is 5.73 Å². The first-order chi connectivity index (χ1) is 24.9. The second-order valence-electron chi connectivity index (χ2n) is 12.5. The standard InChI is InChI=1S/C37H43N5O10/c1-21(36(49)50)39-34(47)30(18-22-13-15-23(43)16-14-22)41-33(46)29(12-6-7-17-38)40-35(48)31(19-32(44)45)42-37(51)52-20-28-26-10-4-2-8-24(26)25-9-3-5-11-27(25)28/h2-5,8-11,13-16,21,28-31,43H,6-7,12,17-20,38H2,1H3,(H,39,47)(H,40,48)(H,41,46)(H,42,51)(H,44,45)(H,49,50)/t21-,29-,30-,31-/m0/s1. The molecule has 15 heteroatoms. The van der Waals surface area contributed by atoms with Crippen LogP contribution < -0.4 is 27.0 Å². The van der Waals surface area contributed by atoms with Gasteiger partial charge >= 0.3 is 18.0 Å². The maximum absolute atomic E-state index is 13.6. The van der Waals surface area contributed by atoms with Crippen LogP contribution in [0.15, 0.2) is 72.8 Å². The van der Waals surface area contributed by atoms with E-state index in [1.165, 1.54) is 31.2 Å². The van der Waals surface area contributed by atoms with Crippen molar-refractivity contribution in [3.63, 3.8) is 0 Å². The number of amides is 4. The van der Waals surface area contributed by atoms with Gasteiger partial charge in [0.15, 0.2) is 0 Å². The maximum Gasteiger partial charge on any atom is 0.407 e. The highest BCUT2D eigenvalue weighted by Gasteiger charge is 2.33. The first-order valence-corrected chi connectivity index (χ1v) is 16.8. The summed E-state index contributed by atoms with van der Waals surface area (Å²) in [4.78, 5) is 76.4. The van der Waals surface area contributed by atoms with E-state index in [9.17, 15) is 44.1 Å². The van der Waals surface area contributed by atoms with Gasteiger partial charge in [-0.25, -0.2) is 4.79 Å². The molecule has 0 spiro atoms. The Kier molecular flexibility index (Phi) is 13.7. The van der Waals surface area contributed by atoms with Crippen LogP contribution >= 0.6 is 0 Å². The molecule has 9 N–H and O–H groups in total. The number of unbranched alkanes of at least 4 members (excludes halogenated alkanes) is 1. The number of carbonyl (C=O) groups excluding carboxylic acids is 4. The minimum atomic E-state index is -1.63. The van der Waals surface area contributed by atoms with E-state index in [-0.39, 0.29) is 37.7 Å². The number of nitrogens with two attached hydrogens (primary N) is 1. The molecule has 52 heavy (non-hydrogen) atoms. The molecule has 3 aromatic rings. The van der Waals surface area contributed by atoms with Crippen LogP contribution in [0.3, 0.4) is 0 Å². The topological polar surface area (TPSA) is 246 Å². The quantitative estimate of drug-likeness (QED) is 0.0885. The minimum absolute atomic E-state index is 0.0291. The molecular weight excluding hydrogens is 674 g/mol. The van der Waals surface area contributed by atoms with Gasteiger partial charge in [0.25, 0.3) is 0 Å². The Morgan fingerprint density at radius 1 is 0.731 bits per heavy atom. The molecule has 1 aliphatic rings. The lowest BCUT2D eigenvalue weighted by atomic mass is 9.98. The molecule has 0 unspecified atom stereocenters. The first-order valence-electron chi connectivity index (χ1n) is 16.8. The Bertz CT molecular complexity index is 1720.